The molecule has 19 heavy (non-hydrogen) atoms. The Kier molecular flexibility index (Phi) is 6.98. The van der Waals surface area contributed by atoms with E-state index in [-0.39, 0.29) is 12.8 Å². The van der Waals surface area contributed by atoms with Gasteiger partial charge in [0.05, 0.1) is 4.90 Å². The molecule has 0 heterocycles. The Morgan fingerprint density at radius 1 is 1.11 bits per heavy atom. The highest BCUT2D eigenvalue weighted by atomic mass is 32.2. The van der Waals surface area contributed by atoms with Gasteiger partial charge in [-0.2, -0.15) is 8.42 Å². The Hall–Kier alpha value is -0.440. The molecule has 0 aromatic heterocycles. The quantitative estimate of drug-likeness (QED) is 0.589. The first-order chi connectivity index (χ1) is 8.99. The number of hydrogen-bond acceptors (Lipinski definition) is 2. The predicted octanol–water partition coefficient (Wildman–Crippen LogP) is 3.64. The second kappa shape index (κ2) is 7.98. The van der Waals surface area contributed by atoms with Gasteiger partial charge in [0.1, 0.15) is 0 Å². The van der Waals surface area contributed by atoms with Gasteiger partial charge in [-0.3, -0.25) is 4.55 Å². The van der Waals surface area contributed by atoms with Crippen LogP contribution in [0.3, 0.4) is 0 Å². The van der Waals surface area contributed by atoms with Gasteiger partial charge in [0.25, 0.3) is 10.1 Å². The summed E-state index contributed by atoms with van der Waals surface area (Å²) in [5.41, 5.74) is 0. The number of hydrogen-bond donors (Lipinski definition) is 1. The molecule has 0 amide bonds. The molecule has 0 aliphatic heterocycles. The summed E-state index contributed by atoms with van der Waals surface area (Å²) in [5, 5.41) is 1.09. The average molecular weight is 302 g/mol. The van der Waals surface area contributed by atoms with Crippen molar-refractivity contribution in [1.82, 2.24) is 0 Å². The molecule has 0 bridgehead atoms. The molecule has 108 valence electrons. The second-order valence-corrected chi connectivity index (χ2v) is 8.58. The van der Waals surface area contributed by atoms with Crippen LogP contribution < -0.4 is 5.30 Å². The predicted molar refractivity (Wildman–Crippen MR) is 82.4 cm³/mol. The van der Waals surface area contributed by atoms with Crippen molar-refractivity contribution in [2.45, 2.75) is 44.4 Å². The van der Waals surface area contributed by atoms with E-state index in [0.29, 0.717) is 0 Å². The van der Waals surface area contributed by atoms with Crippen LogP contribution in [0.2, 0.25) is 0 Å². The largest absolute Gasteiger partial charge is 0.294 e. The van der Waals surface area contributed by atoms with Gasteiger partial charge in [-0.05, 0) is 42.6 Å². The molecule has 1 rings (SSSR count). The molecule has 1 N–H and O–H groups in total. The Bertz CT molecular complexity index is 477. The van der Waals surface area contributed by atoms with E-state index in [0.717, 1.165) is 30.5 Å². The molecule has 0 atom stereocenters. The molecule has 1 aromatic carbocycles. The lowest BCUT2D eigenvalue weighted by atomic mass is 10.4. The highest BCUT2D eigenvalue weighted by Crippen LogP contribution is 2.37. The number of unbranched alkanes of at least 4 members (excludes halogenated alkanes) is 2. The molecule has 3 nitrogen and oxygen atoms in total. The average Bonchev–Trinajstić information content (AvgIpc) is 2.38. The maximum Gasteiger partial charge on any atom is 0.294 e. The highest BCUT2D eigenvalue weighted by molar-refractivity contribution is 7.85. The number of rotatable bonds is 8. The van der Waals surface area contributed by atoms with Gasteiger partial charge >= 0.3 is 0 Å². The standard InChI is InChI=1S/C14H23O3PS/c1-3-5-10-18(11-6-4-2)13-8-7-9-14(12-13)19(15,16)17/h7-9,12H,3-6,10-11H2,1-2H3,(H,15,16,17). The summed E-state index contributed by atoms with van der Waals surface area (Å²) in [6.45, 7) is 4.34. The van der Waals surface area contributed by atoms with Gasteiger partial charge in [-0.15, -0.1) is 0 Å². The first-order valence-corrected chi connectivity index (χ1v) is 9.96. The molecular weight excluding hydrogens is 279 g/mol. The number of benzene rings is 1. The molecule has 0 saturated carbocycles. The van der Waals surface area contributed by atoms with E-state index in [1.807, 2.05) is 6.07 Å². The van der Waals surface area contributed by atoms with Crippen molar-refractivity contribution in [2.75, 3.05) is 12.3 Å². The third kappa shape index (κ3) is 5.60. The molecule has 0 spiro atoms. The van der Waals surface area contributed by atoms with Crippen molar-refractivity contribution in [1.29, 1.82) is 0 Å². The SMILES string of the molecule is CCCCP(CCCC)c1cccc(S(=O)(=O)O)c1. The zero-order valence-corrected chi connectivity index (χ0v) is 13.4. The normalized spacial score (nSPS) is 12.0. The van der Waals surface area contributed by atoms with Crippen molar-refractivity contribution in [2.24, 2.45) is 0 Å². The van der Waals surface area contributed by atoms with Gasteiger partial charge < -0.3 is 0 Å². The summed E-state index contributed by atoms with van der Waals surface area (Å²) in [5.74, 6) is 0. The zero-order chi connectivity index (χ0) is 14.3. The lowest BCUT2D eigenvalue weighted by Gasteiger charge is -2.18. The van der Waals surface area contributed by atoms with Crippen LogP contribution in [0.5, 0.6) is 0 Å². The summed E-state index contributed by atoms with van der Waals surface area (Å²) in [4.78, 5) is 0.0190. The monoisotopic (exact) mass is 302 g/mol. The Morgan fingerprint density at radius 3 is 2.16 bits per heavy atom. The van der Waals surface area contributed by atoms with E-state index in [2.05, 4.69) is 13.8 Å². The maximum atomic E-state index is 11.2. The van der Waals surface area contributed by atoms with Crippen molar-refractivity contribution < 1.29 is 13.0 Å². The molecule has 0 radical (unpaired) electrons. The van der Waals surface area contributed by atoms with Crippen LogP contribution in [0.25, 0.3) is 0 Å². The third-order valence-corrected chi connectivity index (χ3v) is 6.61. The first-order valence-electron chi connectivity index (χ1n) is 6.81. The lowest BCUT2D eigenvalue weighted by molar-refractivity contribution is 0.483. The highest BCUT2D eigenvalue weighted by Gasteiger charge is 2.14. The fourth-order valence-corrected chi connectivity index (χ4v) is 5.28. The Morgan fingerprint density at radius 2 is 1.68 bits per heavy atom. The van der Waals surface area contributed by atoms with Crippen LogP contribution in [0.1, 0.15) is 39.5 Å². The van der Waals surface area contributed by atoms with Gasteiger partial charge in [-0.25, -0.2) is 0 Å². The summed E-state index contributed by atoms with van der Waals surface area (Å²) in [6.07, 6.45) is 6.93. The van der Waals surface area contributed by atoms with Crippen molar-refractivity contribution in [3.8, 4) is 0 Å². The van der Waals surface area contributed by atoms with Crippen LogP contribution in [0.15, 0.2) is 29.2 Å². The van der Waals surface area contributed by atoms with Gasteiger partial charge in [0.15, 0.2) is 0 Å². The van der Waals surface area contributed by atoms with E-state index in [1.54, 1.807) is 12.1 Å². The van der Waals surface area contributed by atoms with Crippen LogP contribution in [0, 0.1) is 0 Å². The molecule has 1 aromatic rings. The van der Waals surface area contributed by atoms with Crippen LogP contribution >= 0.6 is 7.92 Å². The van der Waals surface area contributed by atoms with E-state index >= 15 is 0 Å². The molecule has 0 aliphatic carbocycles. The minimum Gasteiger partial charge on any atom is -0.282 e. The topological polar surface area (TPSA) is 54.4 Å². The van der Waals surface area contributed by atoms with Crippen LogP contribution in [-0.2, 0) is 10.1 Å². The second-order valence-electron chi connectivity index (χ2n) is 4.67. The summed E-state index contributed by atoms with van der Waals surface area (Å²) >= 11 is 0. The molecule has 0 unspecified atom stereocenters. The van der Waals surface area contributed by atoms with Gasteiger partial charge in [0, 0.05) is 0 Å². The van der Waals surface area contributed by atoms with E-state index in [4.69, 9.17) is 4.55 Å². The molecule has 5 heteroatoms. The van der Waals surface area contributed by atoms with Gasteiger partial charge in [0.2, 0.25) is 0 Å². The molecular formula is C14H23O3PS. The first kappa shape index (κ1) is 16.6. The summed E-state index contributed by atoms with van der Waals surface area (Å²) in [7, 11) is -4.40. The fraction of sp³-hybridized carbons (Fsp3) is 0.571. The molecule has 0 aliphatic rings. The fourth-order valence-electron chi connectivity index (χ4n) is 1.91. The Balaban J connectivity index is 2.94. The van der Waals surface area contributed by atoms with E-state index in [1.165, 1.54) is 18.9 Å². The summed E-state index contributed by atoms with van der Waals surface area (Å²) in [6, 6.07) is 6.82. The molecule has 0 fully saturated rings. The lowest BCUT2D eigenvalue weighted by Crippen LogP contribution is -2.09. The summed E-state index contributed by atoms with van der Waals surface area (Å²) < 4.78 is 31.5. The van der Waals surface area contributed by atoms with Crippen LogP contribution in [-0.4, -0.2) is 25.3 Å². The Labute approximate surface area is 117 Å². The van der Waals surface area contributed by atoms with Gasteiger partial charge in [-0.1, -0.05) is 46.7 Å². The van der Waals surface area contributed by atoms with Crippen molar-refractivity contribution in [3.05, 3.63) is 24.3 Å². The van der Waals surface area contributed by atoms with E-state index < -0.39 is 10.1 Å². The maximum absolute atomic E-state index is 11.2. The molecule has 0 saturated heterocycles. The minimum atomic E-state index is -4.09. The van der Waals surface area contributed by atoms with Crippen LogP contribution in [0.4, 0.5) is 0 Å². The smallest absolute Gasteiger partial charge is 0.282 e. The third-order valence-electron chi connectivity index (χ3n) is 3.04. The zero-order valence-electron chi connectivity index (χ0n) is 11.7. The van der Waals surface area contributed by atoms with Crippen molar-refractivity contribution >= 4 is 23.3 Å². The van der Waals surface area contributed by atoms with Crippen molar-refractivity contribution in [3.63, 3.8) is 0 Å². The van der Waals surface area contributed by atoms with E-state index in [9.17, 15) is 8.42 Å². The minimum absolute atomic E-state index is 0.0190.